The number of benzene rings is 1. The molecule has 0 saturated heterocycles. The number of nitrogens with zero attached hydrogens (tertiary/aromatic N) is 3. The minimum Gasteiger partial charge on any atom is -0.336 e. The van der Waals surface area contributed by atoms with Gasteiger partial charge in [-0.15, -0.1) is 11.6 Å². The van der Waals surface area contributed by atoms with E-state index in [0.29, 0.717) is 24.0 Å². The second kappa shape index (κ2) is 6.33. The van der Waals surface area contributed by atoms with Gasteiger partial charge in [-0.2, -0.15) is 0 Å². The second-order valence-electron chi connectivity index (χ2n) is 4.55. The first-order valence-corrected chi connectivity index (χ1v) is 7.10. The number of fused-ring (bicyclic) bond motifs is 1. The molecular formula is C13H16Cl2N4O. The van der Waals surface area contributed by atoms with Gasteiger partial charge in [0.25, 0.3) is 0 Å². The van der Waals surface area contributed by atoms with Crippen molar-refractivity contribution in [2.24, 2.45) is 0 Å². The summed E-state index contributed by atoms with van der Waals surface area (Å²) in [5.74, 6) is 1.04. The fourth-order valence-corrected chi connectivity index (χ4v) is 2.44. The zero-order chi connectivity index (χ0) is 14.7. The van der Waals surface area contributed by atoms with E-state index >= 15 is 0 Å². The quantitative estimate of drug-likeness (QED) is 0.882. The summed E-state index contributed by atoms with van der Waals surface area (Å²) in [6.07, 6.45) is 0. The fraction of sp³-hybridized carbons (Fsp3) is 0.385. The van der Waals surface area contributed by atoms with E-state index in [1.54, 1.807) is 14.1 Å². The normalized spacial score (nSPS) is 10.8. The van der Waals surface area contributed by atoms with Crippen molar-refractivity contribution in [1.29, 1.82) is 0 Å². The number of nitrogens with one attached hydrogen (secondary N) is 1. The average molecular weight is 315 g/mol. The van der Waals surface area contributed by atoms with Crippen molar-refractivity contribution < 1.29 is 4.79 Å². The molecule has 0 unspecified atom stereocenters. The summed E-state index contributed by atoms with van der Waals surface area (Å²) >= 11 is 12.2. The molecule has 20 heavy (non-hydrogen) atoms. The molecule has 1 N–H and O–H groups in total. The molecule has 1 aromatic carbocycles. The molecule has 0 bridgehead atoms. The number of carbonyl (C=O) groups is 1. The lowest BCUT2D eigenvalue weighted by atomic mass is 10.3. The fourth-order valence-electron chi connectivity index (χ4n) is 1.97. The highest BCUT2D eigenvalue weighted by atomic mass is 35.5. The van der Waals surface area contributed by atoms with Crippen LogP contribution in [0, 0.1) is 0 Å². The van der Waals surface area contributed by atoms with Crippen LogP contribution in [0.5, 0.6) is 0 Å². The zero-order valence-electron chi connectivity index (χ0n) is 11.4. The highest BCUT2D eigenvalue weighted by Gasteiger charge is 2.12. The van der Waals surface area contributed by atoms with Gasteiger partial charge in [0.15, 0.2) is 0 Å². The van der Waals surface area contributed by atoms with Gasteiger partial charge >= 0.3 is 6.03 Å². The van der Waals surface area contributed by atoms with Crippen molar-refractivity contribution in [3.05, 3.63) is 29.0 Å². The number of halogens is 2. The Hall–Kier alpha value is -1.46. The average Bonchev–Trinajstić information content (AvgIpc) is 2.78. The van der Waals surface area contributed by atoms with E-state index in [-0.39, 0.29) is 6.03 Å². The van der Waals surface area contributed by atoms with Crippen LogP contribution in [0.1, 0.15) is 5.82 Å². The monoisotopic (exact) mass is 314 g/mol. The predicted octanol–water partition coefficient (Wildman–Crippen LogP) is 2.70. The third-order valence-electron chi connectivity index (χ3n) is 2.93. The van der Waals surface area contributed by atoms with Gasteiger partial charge in [0.2, 0.25) is 0 Å². The van der Waals surface area contributed by atoms with E-state index in [2.05, 4.69) is 10.3 Å². The maximum atomic E-state index is 11.5. The molecular weight excluding hydrogens is 299 g/mol. The Bertz CT molecular complexity index is 624. The number of urea groups is 1. The largest absolute Gasteiger partial charge is 0.336 e. The van der Waals surface area contributed by atoms with Gasteiger partial charge < -0.3 is 14.8 Å². The Morgan fingerprint density at radius 1 is 1.45 bits per heavy atom. The van der Waals surface area contributed by atoms with Gasteiger partial charge in [0.05, 0.1) is 21.9 Å². The number of aromatic nitrogens is 2. The van der Waals surface area contributed by atoms with E-state index in [1.165, 1.54) is 4.90 Å². The van der Waals surface area contributed by atoms with Gasteiger partial charge in [-0.3, -0.25) is 0 Å². The lowest BCUT2D eigenvalue weighted by Crippen LogP contribution is -2.36. The highest BCUT2D eigenvalue weighted by Crippen LogP contribution is 2.25. The van der Waals surface area contributed by atoms with Crippen LogP contribution >= 0.6 is 23.2 Å². The summed E-state index contributed by atoms with van der Waals surface area (Å²) in [4.78, 5) is 17.4. The van der Waals surface area contributed by atoms with Crippen molar-refractivity contribution in [3.8, 4) is 0 Å². The summed E-state index contributed by atoms with van der Waals surface area (Å²) in [6.45, 7) is 1.06. The van der Waals surface area contributed by atoms with E-state index in [0.717, 1.165) is 16.9 Å². The molecule has 1 aromatic heterocycles. The Labute approximate surface area is 127 Å². The SMILES string of the molecule is CN(C)C(=O)NCCn1c(CCl)nc2cccc(Cl)c21. The van der Waals surface area contributed by atoms with Gasteiger partial charge in [-0.25, -0.2) is 9.78 Å². The maximum absolute atomic E-state index is 11.5. The number of hydrogen-bond acceptors (Lipinski definition) is 2. The predicted molar refractivity (Wildman–Crippen MR) is 81.4 cm³/mol. The molecule has 2 aromatic rings. The van der Waals surface area contributed by atoms with E-state index < -0.39 is 0 Å². The lowest BCUT2D eigenvalue weighted by molar-refractivity contribution is 0.217. The van der Waals surface area contributed by atoms with E-state index in [9.17, 15) is 4.79 Å². The number of alkyl halides is 1. The Kier molecular flexibility index (Phi) is 4.73. The summed E-state index contributed by atoms with van der Waals surface area (Å²) in [6, 6.07) is 5.44. The Balaban J connectivity index is 2.22. The van der Waals surface area contributed by atoms with Gasteiger partial charge in [0.1, 0.15) is 5.82 Å². The van der Waals surface area contributed by atoms with Crippen LogP contribution in [-0.2, 0) is 12.4 Å². The minimum absolute atomic E-state index is 0.132. The molecule has 2 rings (SSSR count). The summed E-state index contributed by atoms with van der Waals surface area (Å²) in [5, 5.41) is 3.44. The van der Waals surface area contributed by atoms with Crippen LogP contribution in [0.4, 0.5) is 4.79 Å². The first-order chi connectivity index (χ1) is 9.54. The third-order valence-corrected chi connectivity index (χ3v) is 3.48. The molecule has 1 heterocycles. The topological polar surface area (TPSA) is 50.2 Å². The first kappa shape index (κ1) is 14.9. The number of rotatable bonds is 4. The summed E-state index contributed by atoms with van der Waals surface area (Å²) in [5.41, 5.74) is 1.66. The molecule has 0 fully saturated rings. The molecule has 2 amide bonds. The minimum atomic E-state index is -0.132. The molecule has 0 spiro atoms. The lowest BCUT2D eigenvalue weighted by Gasteiger charge is -2.13. The second-order valence-corrected chi connectivity index (χ2v) is 5.22. The molecule has 5 nitrogen and oxygen atoms in total. The van der Waals surface area contributed by atoms with E-state index in [1.807, 2.05) is 22.8 Å². The first-order valence-electron chi connectivity index (χ1n) is 6.19. The number of carbonyl (C=O) groups excluding carboxylic acids is 1. The van der Waals surface area contributed by atoms with Crippen molar-refractivity contribution in [1.82, 2.24) is 19.8 Å². The Morgan fingerprint density at radius 3 is 2.85 bits per heavy atom. The molecule has 0 aliphatic rings. The molecule has 0 aliphatic carbocycles. The molecule has 0 atom stereocenters. The van der Waals surface area contributed by atoms with Crippen LogP contribution in [0.2, 0.25) is 5.02 Å². The number of imidazole rings is 1. The standard InChI is InChI=1S/C13H16Cl2N4O/c1-18(2)13(20)16-6-7-19-11(8-14)17-10-5-3-4-9(15)12(10)19/h3-5H,6-8H2,1-2H3,(H,16,20). The number of para-hydroxylation sites is 1. The van der Waals surface area contributed by atoms with E-state index in [4.69, 9.17) is 23.2 Å². The van der Waals surface area contributed by atoms with Crippen LogP contribution in [0.3, 0.4) is 0 Å². The van der Waals surface area contributed by atoms with Crippen LogP contribution < -0.4 is 5.32 Å². The van der Waals surface area contributed by atoms with Crippen LogP contribution in [-0.4, -0.2) is 41.1 Å². The van der Waals surface area contributed by atoms with Gasteiger partial charge in [-0.1, -0.05) is 17.7 Å². The van der Waals surface area contributed by atoms with Crippen LogP contribution in [0.25, 0.3) is 11.0 Å². The van der Waals surface area contributed by atoms with Crippen molar-refractivity contribution in [2.45, 2.75) is 12.4 Å². The third kappa shape index (κ3) is 2.99. The maximum Gasteiger partial charge on any atom is 0.316 e. The highest BCUT2D eigenvalue weighted by molar-refractivity contribution is 6.35. The van der Waals surface area contributed by atoms with Crippen molar-refractivity contribution in [2.75, 3.05) is 20.6 Å². The van der Waals surface area contributed by atoms with Crippen LogP contribution in [0.15, 0.2) is 18.2 Å². The molecule has 7 heteroatoms. The van der Waals surface area contributed by atoms with Gasteiger partial charge in [-0.05, 0) is 12.1 Å². The van der Waals surface area contributed by atoms with Crippen molar-refractivity contribution in [3.63, 3.8) is 0 Å². The van der Waals surface area contributed by atoms with Crippen molar-refractivity contribution >= 4 is 40.3 Å². The summed E-state index contributed by atoms with van der Waals surface area (Å²) in [7, 11) is 3.39. The zero-order valence-corrected chi connectivity index (χ0v) is 12.9. The molecule has 0 aliphatic heterocycles. The molecule has 0 radical (unpaired) electrons. The summed E-state index contributed by atoms with van der Waals surface area (Å²) < 4.78 is 1.95. The number of amides is 2. The Morgan fingerprint density at radius 2 is 2.20 bits per heavy atom. The molecule has 0 saturated carbocycles. The van der Waals surface area contributed by atoms with Gasteiger partial charge in [0, 0.05) is 27.2 Å². The smallest absolute Gasteiger partial charge is 0.316 e. The number of hydrogen-bond donors (Lipinski definition) is 1. The molecule has 108 valence electrons.